The molecule has 0 heterocycles. The number of aromatic carboxylic acids is 1. The Morgan fingerprint density at radius 3 is 1.68 bits per heavy atom. The fourth-order valence-electron chi connectivity index (χ4n) is 0.654. The second-order valence-electron chi connectivity index (χ2n) is 2.66. The van der Waals surface area contributed by atoms with Crippen molar-refractivity contribution in [2.24, 2.45) is 0 Å². The third-order valence-electron chi connectivity index (χ3n) is 1.39. The second-order valence-corrected chi connectivity index (χ2v) is 6.82. The van der Waals surface area contributed by atoms with Gasteiger partial charge in [0.1, 0.15) is 11.3 Å². The van der Waals surface area contributed by atoms with E-state index in [1.165, 1.54) is 12.1 Å². The van der Waals surface area contributed by atoms with E-state index in [1.54, 1.807) is 12.1 Å². The van der Waals surface area contributed by atoms with Crippen molar-refractivity contribution < 1.29 is 92.3 Å². The number of aromatic hydroxyl groups is 1. The Morgan fingerprint density at radius 2 is 1.47 bits per heavy atom. The molecule has 1 rings (SSSR count). The number of benzene rings is 1. The summed E-state index contributed by atoms with van der Waals surface area (Å²) in [5, 5.41) is 17.3. The van der Waals surface area contributed by atoms with Crippen molar-refractivity contribution in [2.45, 2.75) is 0 Å². The van der Waals surface area contributed by atoms with Crippen LogP contribution in [0.5, 0.6) is 5.75 Å². The van der Waals surface area contributed by atoms with Crippen molar-refractivity contribution in [3.05, 3.63) is 29.8 Å². The van der Waals surface area contributed by atoms with Gasteiger partial charge in [0, 0.05) is 0 Å². The van der Waals surface area contributed by atoms with Gasteiger partial charge in [0.2, 0.25) is 9.15 Å². The largest absolute Gasteiger partial charge is 1.00 e. The Bertz CT molecular complexity index is 604. The number of phenols is 1. The minimum absolute atomic E-state index is 0. The molecule has 0 aromatic heterocycles. The number of carboxylic acid groups (broad SMARTS) is 1. The molecule has 19 heavy (non-hydrogen) atoms. The molecule has 1 aromatic rings. The van der Waals surface area contributed by atoms with Crippen LogP contribution in [0.1, 0.15) is 10.4 Å². The first-order valence-corrected chi connectivity index (χ1v) is 7.28. The summed E-state index contributed by atoms with van der Waals surface area (Å²) in [6, 6.07) is 5.81. The second kappa shape index (κ2) is 8.28. The molecular weight excluding hydrogens is 331 g/mol. The molecule has 0 fully saturated rings. The molecule has 0 saturated heterocycles. The molecule has 0 aliphatic heterocycles. The number of hydrogen-bond acceptors (Lipinski definition) is 7. The fourth-order valence-corrected chi connectivity index (χ4v) is 0.654. The molecule has 0 radical (unpaired) electrons. The SMILES string of the molecule is O=C(O)c1ccccc1O.O=S(=O)([O-])S(=O)(=O)O.[K+]. The van der Waals surface area contributed by atoms with Gasteiger partial charge < -0.3 is 14.8 Å². The minimum atomic E-state index is -5.56. The van der Waals surface area contributed by atoms with E-state index in [9.17, 15) is 26.2 Å². The first-order chi connectivity index (χ1) is 7.97. The molecule has 0 saturated carbocycles. The van der Waals surface area contributed by atoms with E-state index in [4.69, 9.17) is 14.8 Å². The first-order valence-electron chi connectivity index (χ1n) is 3.91. The topological polar surface area (TPSA) is 169 Å². The predicted octanol–water partition coefficient (Wildman–Crippen LogP) is -3.57. The van der Waals surface area contributed by atoms with Gasteiger partial charge in [-0.1, -0.05) is 12.1 Å². The summed E-state index contributed by atoms with van der Waals surface area (Å²) in [4.78, 5) is 10.3. The van der Waals surface area contributed by atoms with E-state index in [-0.39, 0.29) is 62.7 Å². The number of carboxylic acids is 1. The van der Waals surface area contributed by atoms with Crippen LogP contribution in [0.3, 0.4) is 0 Å². The van der Waals surface area contributed by atoms with E-state index < -0.39 is 24.3 Å². The van der Waals surface area contributed by atoms with Crippen molar-refractivity contribution in [1.82, 2.24) is 0 Å². The van der Waals surface area contributed by atoms with E-state index in [0.29, 0.717) is 0 Å². The Hall–Kier alpha value is -0.0536. The van der Waals surface area contributed by atoms with Crippen LogP contribution in [-0.4, -0.2) is 42.1 Å². The average molecular weight is 338 g/mol. The van der Waals surface area contributed by atoms with Gasteiger partial charge in [0.15, 0.2) is 0 Å². The molecule has 0 amide bonds. The molecule has 0 aliphatic rings. The predicted molar refractivity (Wildman–Crippen MR) is 56.3 cm³/mol. The molecule has 0 bridgehead atoms. The van der Waals surface area contributed by atoms with Gasteiger partial charge in [-0.05, 0) is 12.1 Å². The Morgan fingerprint density at radius 1 is 1.11 bits per heavy atom. The van der Waals surface area contributed by atoms with E-state index >= 15 is 0 Å². The molecule has 1 aromatic carbocycles. The summed E-state index contributed by atoms with van der Waals surface area (Å²) in [7, 11) is -11.0. The first kappa shape index (κ1) is 21.2. The van der Waals surface area contributed by atoms with Crippen LogP contribution in [0.2, 0.25) is 0 Å². The van der Waals surface area contributed by atoms with Gasteiger partial charge in [0.05, 0.1) is 0 Å². The van der Waals surface area contributed by atoms with Gasteiger partial charge in [-0.3, -0.25) is 4.55 Å². The molecule has 0 spiro atoms. The molecule has 0 atom stereocenters. The molecule has 102 valence electrons. The monoisotopic (exact) mass is 338 g/mol. The molecule has 3 N–H and O–H groups in total. The van der Waals surface area contributed by atoms with Gasteiger partial charge in [-0.25, -0.2) is 13.2 Å². The van der Waals surface area contributed by atoms with Crippen LogP contribution in [0.25, 0.3) is 0 Å². The summed E-state index contributed by atoms with van der Waals surface area (Å²) in [5.41, 5.74) is -0.0671. The zero-order valence-corrected chi connectivity index (χ0v) is 14.2. The van der Waals surface area contributed by atoms with Gasteiger partial charge in [-0.2, -0.15) is 8.42 Å². The summed E-state index contributed by atoms with van der Waals surface area (Å²) < 4.78 is 53.8. The quantitative estimate of drug-likeness (QED) is 0.280. The number of rotatable bonds is 2. The number of hydrogen-bond donors (Lipinski definition) is 3. The van der Waals surface area contributed by atoms with Crippen LogP contribution in [0.4, 0.5) is 0 Å². The average Bonchev–Trinajstić information content (AvgIpc) is 2.15. The van der Waals surface area contributed by atoms with Crippen molar-refractivity contribution >= 4 is 24.3 Å². The van der Waals surface area contributed by atoms with Crippen LogP contribution in [0, 0.1) is 0 Å². The maximum Gasteiger partial charge on any atom is 1.00 e. The normalized spacial score (nSPS) is 10.6. The fraction of sp³-hybridized carbons (Fsp3) is 0. The summed E-state index contributed by atoms with van der Waals surface area (Å²) >= 11 is 0. The Labute approximate surface area is 150 Å². The van der Waals surface area contributed by atoms with Gasteiger partial charge in [0.25, 0.3) is 0 Å². The number of carbonyl (C=O) groups is 1. The smallest absolute Gasteiger partial charge is 0.734 e. The molecule has 0 unspecified atom stereocenters. The van der Waals surface area contributed by atoms with Crippen LogP contribution in [-0.2, 0) is 18.3 Å². The molecule has 9 nitrogen and oxygen atoms in total. The van der Waals surface area contributed by atoms with Crippen molar-refractivity contribution in [3.63, 3.8) is 0 Å². The van der Waals surface area contributed by atoms with Crippen LogP contribution in [0.15, 0.2) is 24.3 Å². The van der Waals surface area contributed by atoms with E-state index in [0.717, 1.165) is 0 Å². The number of para-hydroxylation sites is 1. The third kappa shape index (κ3) is 7.96. The maximum absolute atomic E-state index is 10.3. The molecule has 0 aliphatic carbocycles. The summed E-state index contributed by atoms with van der Waals surface area (Å²) in [6.45, 7) is 0. The van der Waals surface area contributed by atoms with Crippen LogP contribution >= 0.6 is 0 Å². The summed E-state index contributed by atoms with van der Waals surface area (Å²) in [5.74, 6) is -1.31. The summed E-state index contributed by atoms with van der Waals surface area (Å²) in [6.07, 6.45) is 0. The molecule has 12 heteroatoms. The zero-order valence-electron chi connectivity index (χ0n) is 9.42. The third-order valence-corrected chi connectivity index (χ3v) is 3.46. The minimum Gasteiger partial charge on any atom is -0.734 e. The zero-order chi connectivity index (χ0) is 14.6. The van der Waals surface area contributed by atoms with Gasteiger partial charge >= 0.3 is 66.5 Å². The standard InChI is InChI=1S/C7H6O3.K.H2O6S2/c8-6-4-2-1-3-5(6)7(9)10;;1-7(2,3)8(4,5)6/h1-4,8H,(H,9,10);;(H,1,2,3)(H,4,5,6)/q;+1;/p-1. The van der Waals surface area contributed by atoms with Crippen molar-refractivity contribution in [2.75, 3.05) is 0 Å². The maximum atomic E-state index is 10.3. The Kier molecular flexibility index (Phi) is 9.26. The van der Waals surface area contributed by atoms with E-state index in [1.807, 2.05) is 0 Å². The Balaban J connectivity index is 0. The van der Waals surface area contributed by atoms with E-state index in [2.05, 4.69) is 0 Å². The molecular formula is C7H7KO9S2. The van der Waals surface area contributed by atoms with Crippen molar-refractivity contribution in [1.29, 1.82) is 0 Å². The van der Waals surface area contributed by atoms with Gasteiger partial charge in [-0.15, -0.1) is 0 Å². The van der Waals surface area contributed by atoms with Crippen molar-refractivity contribution in [3.8, 4) is 5.75 Å². The van der Waals surface area contributed by atoms with Crippen LogP contribution < -0.4 is 51.4 Å².